The first-order valence-electron chi connectivity index (χ1n) is 4.82. The van der Waals surface area contributed by atoms with Crippen LogP contribution in [-0.4, -0.2) is 35.5 Å². The molecule has 1 aromatic rings. The van der Waals surface area contributed by atoms with Gasteiger partial charge < -0.3 is 15.2 Å². The van der Waals surface area contributed by atoms with Gasteiger partial charge in [-0.05, 0) is 12.5 Å². The molecular formula is C10H13FN2O2. The Morgan fingerprint density at radius 2 is 2.53 bits per heavy atom. The molecule has 2 N–H and O–H groups in total. The molecule has 1 atom stereocenters. The van der Waals surface area contributed by atoms with E-state index in [-0.39, 0.29) is 6.61 Å². The molecule has 0 aliphatic carbocycles. The van der Waals surface area contributed by atoms with Gasteiger partial charge in [0.25, 0.3) is 0 Å². The number of nitrogens with zero attached hydrogens (tertiary/aromatic N) is 1. The van der Waals surface area contributed by atoms with E-state index in [0.717, 1.165) is 0 Å². The number of hydrogen-bond acceptors (Lipinski definition) is 4. The lowest BCUT2D eigenvalue weighted by molar-refractivity contribution is 0.152. The number of ether oxygens (including phenoxy) is 1. The van der Waals surface area contributed by atoms with Crippen LogP contribution in [0, 0.1) is 5.95 Å². The quantitative estimate of drug-likeness (QED) is 0.727. The van der Waals surface area contributed by atoms with Gasteiger partial charge in [-0.3, -0.25) is 0 Å². The molecule has 1 aliphatic heterocycles. The van der Waals surface area contributed by atoms with Gasteiger partial charge in [-0.2, -0.15) is 4.39 Å². The van der Waals surface area contributed by atoms with Crippen molar-refractivity contribution in [2.75, 3.05) is 25.1 Å². The summed E-state index contributed by atoms with van der Waals surface area (Å²) < 4.78 is 18.0. The Labute approximate surface area is 87.1 Å². The molecule has 1 aliphatic rings. The summed E-state index contributed by atoms with van der Waals surface area (Å²) in [5.41, 5.74) is 0.135. The summed E-state index contributed by atoms with van der Waals surface area (Å²) in [7, 11) is 0. The number of rotatable bonds is 3. The Morgan fingerprint density at radius 3 is 3.13 bits per heavy atom. The van der Waals surface area contributed by atoms with Crippen LogP contribution in [0.3, 0.4) is 0 Å². The van der Waals surface area contributed by atoms with Gasteiger partial charge in [0, 0.05) is 24.6 Å². The molecule has 1 aromatic heterocycles. The second kappa shape index (κ2) is 4.12. The third-order valence-electron chi connectivity index (χ3n) is 2.54. The number of hydrogen-bond donors (Lipinski definition) is 2. The summed E-state index contributed by atoms with van der Waals surface area (Å²) in [6, 6.07) is 2.97. The van der Waals surface area contributed by atoms with E-state index in [0.29, 0.717) is 25.3 Å². The number of aliphatic hydroxyl groups is 1. The smallest absolute Gasteiger partial charge is 0.214 e. The molecule has 1 unspecified atom stereocenters. The Hall–Kier alpha value is -1.20. The molecule has 0 amide bonds. The maximum atomic E-state index is 12.8. The molecule has 0 aromatic carbocycles. The van der Waals surface area contributed by atoms with Gasteiger partial charge in [-0.25, -0.2) is 4.98 Å². The first-order chi connectivity index (χ1) is 7.24. The van der Waals surface area contributed by atoms with Crippen molar-refractivity contribution in [2.24, 2.45) is 0 Å². The van der Waals surface area contributed by atoms with Crippen molar-refractivity contribution < 1.29 is 14.2 Å². The summed E-state index contributed by atoms with van der Waals surface area (Å²) in [6.45, 7) is 1.02. The summed E-state index contributed by atoms with van der Waals surface area (Å²) in [5.74, 6) is -0.535. The number of pyridine rings is 1. The molecular weight excluding hydrogens is 199 g/mol. The third-order valence-corrected chi connectivity index (χ3v) is 2.54. The predicted octanol–water partition coefficient (Wildman–Crippen LogP) is 0.784. The van der Waals surface area contributed by atoms with E-state index in [1.54, 1.807) is 6.07 Å². The lowest BCUT2D eigenvalue weighted by Crippen LogP contribution is -2.42. The van der Waals surface area contributed by atoms with E-state index in [2.05, 4.69) is 10.3 Å². The van der Waals surface area contributed by atoms with Gasteiger partial charge in [0.15, 0.2) is 0 Å². The van der Waals surface area contributed by atoms with Crippen LogP contribution in [0.25, 0.3) is 0 Å². The third kappa shape index (κ3) is 2.24. The van der Waals surface area contributed by atoms with E-state index in [9.17, 15) is 9.50 Å². The molecule has 1 saturated heterocycles. The number of aliphatic hydroxyl groups excluding tert-OH is 1. The summed E-state index contributed by atoms with van der Waals surface area (Å²) in [4.78, 5) is 3.46. The minimum Gasteiger partial charge on any atom is -0.394 e. The number of aromatic nitrogens is 1. The van der Waals surface area contributed by atoms with Crippen LogP contribution in [0.1, 0.15) is 6.42 Å². The fraction of sp³-hybridized carbons (Fsp3) is 0.500. The molecule has 2 heterocycles. The molecule has 5 heteroatoms. The van der Waals surface area contributed by atoms with E-state index in [1.165, 1.54) is 12.3 Å². The van der Waals surface area contributed by atoms with Crippen molar-refractivity contribution in [1.29, 1.82) is 0 Å². The minimum absolute atomic E-state index is 0.0308. The van der Waals surface area contributed by atoms with Gasteiger partial charge in [-0.1, -0.05) is 0 Å². The van der Waals surface area contributed by atoms with Crippen LogP contribution in [0.2, 0.25) is 0 Å². The molecule has 82 valence electrons. The fourth-order valence-electron chi connectivity index (χ4n) is 1.66. The lowest BCUT2D eigenvalue weighted by Gasteiger charge is -2.27. The van der Waals surface area contributed by atoms with Crippen molar-refractivity contribution in [3.05, 3.63) is 24.3 Å². The van der Waals surface area contributed by atoms with Crippen LogP contribution in [0.5, 0.6) is 0 Å². The van der Waals surface area contributed by atoms with Gasteiger partial charge in [-0.15, -0.1) is 0 Å². The zero-order valence-electron chi connectivity index (χ0n) is 8.24. The SMILES string of the molecule is OCC1(Nc2ccnc(F)c2)CCOC1. The molecule has 0 radical (unpaired) electrons. The van der Waals surface area contributed by atoms with Gasteiger partial charge in [0.1, 0.15) is 0 Å². The van der Waals surface area contributed by atoms with Crippen molar-refractivity contribution in [1.82, 2.24) is 4.98 Å². The van der Waals surface area contributed by atoms with Gasteiger partial charge in [0.05, 0.1) is 18.8 Å². The highest BCUT2D eigenvalue weighted by Gasteiger charge is 2.34. The zero-order chi connectivity index (χ0) is 10.7. The molecule has 4 nitrogen and oxygen atoms in total. The molecule has 0 saturated carbocycles. The van der Waals surface area contributed by atoms with Gasteiger partial charge >= 0.3 is 0 Å². The fourth-order valence-corrected chi connectivity index (χ4v) is 1.66. The monoisotopic (exact) mass is 212 g/mol. The minimum atomic E-state index is -0.535. The first-order valence-corrected chi connectivity index (χ1v) is 4.82. The van der Waals surface area contributed by atoms with Crippen molar-refractivity contribution >= 4 is 5.69 Å². The average molecular weight is 212 g/mol. The maximum absolute atomic E-state index is 12.8. The summed E-state index contributed by atoms with van der Waals surface area (Å²) in [5, 5.41) is 12.4. The second-order valence-corrected chi connectivity index (χ2v) is 3.73. The molecule has 15 heavy (non-hydrogen) atoms. The molecule has 2 rings (SSSR count). The van der Waals surface area contributed by atoms with Crippen molar-refractivity contribution in [2.45, 2.75) is 12.0 Å². The van der Waals surface area contributed by atoms with Crippen molar-refractivity contribution in [3.8, 4) is 0 Å². The topological polar surface area (TPSA) is 54.4 Å². The predicted molar refractivity (Wildman–Crippen MR) is 53.1 cm³/mol. The van der Waals surface area contributed by atoms with Gasteiger partial charge in [0.2, 0.25) is 5.95 Å². The van der Waals surface area contributed by atoms with Crippen LogP contribution in [0.15, 0.2) is 18.3 Å². The Balaban J connectivity index is 2.12. The summed E-state index contributed by atoms with van der Waals surface area (Å²) >= 11 is 0. The normalized spacial score (nSPS) is 25.5. The largest absolute Gasteiger partial charge is 0.394 e. The molecule has 0 spiro atoms. The number of halogens is 1. The Bertz CT molecular complexity index is 340. The van der Waals surface area contributed by atoms with Crippen molar-refractivity contribution in [3.63, 3.8) is 0 Å². The van der Waals surface area contributed by atoms with Crippen LogP contribution in [-0.2, 0) is 4.74 Å². The zero-order valence-corrected chi connectivity index (χ0v) is 8.24. The highest BCUT2D eigenvalue weighted by atomic mass is 19.1. The molecule has 0 bridgehead atoms. The van der Waals surface area contributed by atoms with E-state index >= 15 is 0 Å². The van der Waals surface area contributed by atoms with Crippen LogP contribution < -0.4 is 5.32 Å². The maximum Gasteiger partial charge on any atom is 0.214 e. The Kier molecular flexibility index (Phi) is 2.83. The highest BCUT2D eigenvalue weighted by Crippen LogP contribution is 2.23. The Morgan fingerprint density at radius 1 is 1.67 bits per heavy atom. The average Bonchev–Trinajstić information content (AvgIpc) is 2.67. The van der Waals surface area contributed by atoms with Crippen LogP contribution in [0.4, 0.5) is 10.1 Å². The van der Waals surface area contributed by atoms with Crippen LogP contribution >= 0.6 is 0 Å². The van der Waals surface area contributed by atoms with E-state index in [1.807, 2.05) is 0 Å². The van der Waals surface area contributed by atoms with E-state index < -0.39 is 11.5 Å². The number of nitrogens with one attached hydrogen (secondary N) is 1. The van der Waals surface area contributed by atoms with E-state index in [4.69, 9.17) is 4.74 Å². The number of anilines is 1. The standard InChI is InChI=1S/C10H13FN2O2/c11-9-5-8(1-3-12-9)13-10(6-14)2-4-15-7-10/h1,3,5,14H,2,4,6-7H2,(H,12,13). The summed E-state index contributed by atoms with van der Waals surface area (Å²) in [6.07, 6.45) is 2.10. The second-order valence-electron chi connectivity index (χ2n) is 3.73. The highest BCUT2D eigenvalue weighted by molar-refractivity contribution is 5.44. The molecule has 1 fully saturated rings. The first kappa shape index (κ1) is 10.3. The lowest BCUT2D eigenvalue weighted by atomic mass is 10.00.